The molecule has 0 fully saturated rings. The molecule has 8 heteroatoms. The van der Waals surface area contributed by atoms with E-state index in [-0.39, 0.29) is 12.5 Å². The van der Waals surface area contributed by atoms with Crippen LogP contribution >= 0.6 is 0 Å². The topological polar surface area (TPSA) is 115 Å². The molecule has 0 unspecified atom stereocenters. The van der Waals surface area contributed by atoms with E-state index in [2.05, 4.69) is 20.7 Å². The summed E-state index contributed by atoms with van der Waals surface area (Å²) in [4.78, 5) is 28.0. The molecule has 0 aliphatic carbocycles. The van der Waals surface area contributed by atoms with Gasteiger partial charge >= 0.3 is 0 Å². The van der Waals surface area contributed by atoms with Crippen LogP contribution in [0.15, 0.2) is 60.9 Å². The van der Waals surface area contributed by atoms with Gasteiger partial charge in [-0.15, -0.1) is 0 Å². The van der Waals surface area contributed by atoms with Crippen molar-refractivity contribution in [1.29, 1.82) is 0 Å². The van der Waals surface area contributed by atoms with E-state index in [1.807, 2.05) is 42.5 Å². The van der Waals surface area contributed by atoms with Crippen LogP contribution in [0.3, 0.4) is 0 Å². The fourth-order valence-corrected chi connectivity index (χ4v) is 2.79. The van der Waals surface area contributed by atoms with Crippen molar-refractivity contribution in [1.82, 2.24) is 20.1 Å². The molecule has 4 N–H and O–H groups in total. The van der Waals surface area contributed by atoms with E-state index in [4.69, 9.17) is 5.73 Å². The number of carbonyl (C=O) groups is 2. The Kier molecular flexibility index (Phi) is 6.13. The molecule has 0 spiro atoms. The molecule has 2 heterocycles. The quantitative estimate of drug-likeness (QED) is 0.543. The predicted octanol–water partition coefficient (Wildman–Crippen LogP) is 1.11. The number of hydrogen-bond donors (Lipinski definition) is 3. The average molecular weight is 378 g/mol. The van der Waals surface area contributed by atoms with Gasteiger partial charge in [-0.05, 0) is 24.1 Å². The van der Waals surface area contributed by atoms with Gasteiger partial charge in [0.05, 0.1) is 18.3 Å². The van der Waals surface area contributed by atoms with Gasteiger partial charge in [0.25, 0.3) is 0 Å². The summed E-state index contributed by atoms with van der Waals surface area (Å²) in [5.74, 6) is -0.239. The monoisotopic (exact) mass is 378 g/mol. The van der Waals surface area contributed by atoms with Gasteiger partial charge in [0, 0.05) is 31.1 Å². The Bertz CT molecular complexity index is 940. The highest BCUT2D eigenvalue weighted by Gasteiger charge is 2.21. The first-order valence-corrected chi connectivity index (χ1v) is 8.84. The summed E-state index contributed by atoms with van der Waals surface area (Å²) in [7, 11) is 1.75. The number of hydrogen-bond acceptors (Lipinski definition) is 5. The summed E-state index contributed by atoms with van der Waals surface area (Å²) >= 11 is 0. The number of aryl methyl sites for hydroxylation is 1. The Balaban J connectivity index is 1.75. The highest BCUT2D eigenvalue weighted by Crippen LogP contribution is 2.20. The molecular weight excluding hydrogens is 356 g/mol. The van der Waals surface area contributed by atoms with Crippen LogP contribution in [-0.2, 0) is 23.1 Å². The predicted molar refractivity (Wildman–Crippen MR) is 106 cm³/mol. The van der Waals surface area contributed by atoms with Gasteiger partial charge in [-0.3, -0.25) is 24.6 Å². The molecule has 0 saturated heterocycles. The smallest absolute Gasteiger partial charge is 0.243 e. The Morgan fingerprint density at radius 2 is 1.86 bits per heavy atom. The largest absolute Gasteiger partial charge is 0.369 e. The van der Waals surface area contributed by atoms with E-state index in [1.54, 1.807) is 30.2 Å². The zero-order valence-corrected chi connectivity index (χ0v) is 15.5. The summed E-state index contributed by atoms with van der Waals surface area (Å²) in [6.07, 6.45) is 3.80. The lowest BCUT2D eigenvalue weighted by atomic mass is 10.1. The number of carbonyl (C=O) groups excluding carboxylic acids is 2. The molecule has 0 saturated carbocycles. The highest BCUT2D eigenvalue weighted by molar-refractivity contribution is 5.95. The van der Waals surface area contributed by atoms with Crippen molar-refractivity contribution in [2.75, 3.05) is 11.9 Å². The van der Waals surface area contributed by atoms with Crippen LogP contribution in [0.25, 0.3) is 11.3 Å². The molecule has 144 valence electrons. The SMILES string of the molecule is Cn1nc(-c2ccncc2)cc1NC(=O)[C@H](Cc1ccccc1)NCC(N)=O. The third kappa shape index (κ3) is 5.01. The molecule has 1 atom stereocenters. The number of benzene rings is 1. The lowest BCUT2D eigenvalue weighted by molar-refractivity contribution is -0.119. The maximum absolute atomic E-state index is 12.9. The van der Waals surface area contributed by atoms with E-state index in [9.17, 15) is 9.59 Å². The number of nitrogens with two attached hydrogens (primary N) is 1. The lowest BCUT2D eigenvalue weighted by Crippen LogP contribution is -2.45. The van der Waals surface area contributed by atoms with Crippen LogP contribution in [0.2, 0.25) is 0 Å². The summed E-state index contributed by atoms with van der Waals surface area (Å²) in [6, 6.07) is 14.4. The van der Waals surface area contributed by atoms with E-state index < -0.39 is 11.9 Å². The molecule has 0 aliphatic rings. The average Bonchev–Trinajstić information content (AvgIpc) is 3.07. The number of rotatable bonds is 8. The van der Waals surface area contributed by atoms with Gasteiger partial charge in [-0.1, -0.05) is 30.3 Å². The first kappa shape index (κ1) is 19.2. The molecule has 2 amide bonds. The van der Waals surface area contributed by atoms with E-state index in [0.717, 1.165) is 16.8 Å². The highest BCUT2D eigenvalue weighted by atomic mass is 16.2. The summed E-state index contributed by atoms with van der Waals surface area (Å²) < 4.78 is 1.60. The second-order valence-corrected chi connectivity index (χ2v) is 6.35. The molecule has 3 aromatic rings. The molecule has 2 aromatic heterocycles. The number of amides is 2. The van der Waals surface area contributed by atoms with Crippen molar-refractivity contribution in [3.63, 3.8) is 0 Å². The molecule has 1 aromatic carbocycles. The zero-order valence-electron chi connectivity index (χ0n) is 15.5. The van der Waals surface area contributed by atoms with Crippen LogP contribution in [0.1, 0.15) is 5.56 Å². The minimum absolute atomic E-state index is 0.0847. The fourth-order valence-electron chi connectivity index (χ4n) is 2.79. The van der Waals surface area contributed by atoms with Gasteiger partial charge in [0.15, 0.2) is 0 Å². The van der Waals surface area contributed by atoms with Crippen LogP contribution < -0.4 is 16.4 Å². The van der Waals surface area contributed by atoms with Crippen molar-refractivity contribution >= 4 is 17.6 Å². The van der Waals surface area contributed by atoms with Gasteiger partial charge in [0.2, 0.25) is 11.8 Å². The Labute approximate surface area is 162 Å². The van der Waals surface area contributed by atoms with Crippen LogP contribution in [0.5, 0.6) is 0 Å². The number of aromatic nitrogens is 3. The first-order chi connectivity index (χ1) is 13.5. The maximum atomic E-state index is 12.9. The Morgan fingerprint density at radius 3 is 2.54 bits per heavy atom. The summed E-state index contributed by atoms with van der Waals surface area (Å²) in [6.45, 7) is -0.0847. The van der Waals surface area contributed by atoms with Crippen molar-refractivity contribution in [3.05, 3.63) is 66.5 Å². The normalized spacial score (nSPS) is 11.8. The summed E-state index contributed by atoms with van der Waals surface area (Å²) in [5, 5.41) is 10.2. The van der Waals surface area contributed by atoms with Gasteiger partial charge in [-0.25, -0.2) is 0 Å². The van der Waals surface area contributed by atoms with Gasteiger partial charge in [-0.2, -0.15) is 5.10 Å². The van der Waals surface area contributed by atoms with E-state index in [0.29, 0.717) is 12.2 Å². The zero-order chi connectivity index (χ0) is 19.9. The number of pyridine rings is 1. The van der Waals surface area contributed by atoms with Crippen LogP contribution in [-0.4, -0.2) is 39.2 Å². The van der Waals surface area contributed by atoms with Gasteiger partial charge < -0.3 is 11.1 Å². The molecule has 0 radical (unpaired) electrons. The first-order valence-electron chi connectivity index (χ1n) is 8.84. The van der Waals surface area contributed by atoms with Crippen molar-refractivity contribution in [3.8, 4) is 11.3 Å². The molecular formula is C20H22N6O2. The number of nitrogens with zero attached hydrogens (tertiary/aromatic N) is 3. The van der Waals surface area contributed by atoms with E-state index in [1.165, 1.54) is 0 Å². The fraction of sp³-hybridized carbons (Fsp3) is 0.200. The maximum Gasteiger partial charge on any atom is 0.243 e. The second kappa shape index (κ2) is 8.92. The number of anilines is 1. The standard InChI is InChI=1S/C20H22N6O2/c1-26-19(12-16(25-26)15-7-9-22-10-8-15)24-20(28)17(23-13-18(21)27)11-14-5-3-2-4-6-14/h2-10,12,17,23H,11,13H2,1H3,(H2,21,27)(H,24,28)/t17-/m0/s1. The molecule has 8 nitrogen and oxygen atoms in total. The molecule has 0 bridgehead atoms. The molecule has 3 rings (SSSR count). The lowest BCUT2D eigenvalue weighted by Gasteiger charge is -2.18. The summed E-state index contributed by atoms with van der Waals surface area (Å²) in [5.41, 5.74) is 7.83. The number of primary amides is 1. The Hall–Kier alpha value is -3.52. The third-order valence-electron chi connectivity index (χ3n) is 4.23. The second-order valence-electron chi connectivity index (χ2n) is 6.35. The molecule has 0 aliphatic heterocycles. The minimum atomic E-state index is -0.617. The minimum Gasteiger partial charge on any atom is -0.369 e. The van der Waals surface area contributed by atoms with Crippen LogP contribution in [0.4, 0.5) is 5.82 Å². The van der Waals surface area contributed by atoms with E-state index >= 15 is 0 Å². The number of nitrogens with one attached hydrogen (secondary N) is 2. The van der Waals surface area contributed by atoms with Gasteiger partial charge in [0.1, 0.15) is 5.82 Å². The Morgan fingerprint density at radius 1 is 1.14 bits per heavy atom. The van der Waals surface area contributed by atoms with Crippen LogP contribution in [0, 0.1) is 0 Å². The van der Waals surface area contributed by atoms with Crippen molar-refractivity contribution in [2.45, 2.75) is 12.5 Å². The van der Waals surface area contributed by atoms with Crippen molar-refractivity contribution < 1.29 is 9.59 Å². The molecule has 28 heavy (non-hydrogen) atoms. The third-order valence-corrected chi connectivity index (χ3v) is 4.23. The van der Waals surface area contributed by atoms with Crippen molar-refractivity contribution in [2.24, 2.45) is 12.8 Å².